The predicted octanol–water partition coefficient (Wildman–Crippen LogP) is 8.73. The standard InChI is InChI=1S/C38H53N3O4/c1-11-25(4)33(40-37(44)45-38(8,9)10)36(43)41(28(7)20-19-24(2)3)34(32-26(5)15-14-16-27(32)6)35(42)39-31-22-21-29-17-12-13-18-30(29)23-31/h12-18,21-25,28,33-34H,11,19-20H2,1-10H3,(H,39,42)(H,40,44). The Morgan fingerprint density at radius 1 is 0.844 bits per heavy atom. The zero-order chi connectivity index (χ0) is 33.5. The molecule has 0 aromatic heterocycles. The van der Waals surface area contributed by atoms with Gasteiger partial charge in [-0.15, -0.1) is 0 Å². The molecule has 0 saturated carbocycles. The summed E-state index contributed by atoms with van der Waals surface area (Å²) in [6.07, 6.45) is 1.58. The van der Waals surface area contributed by atoms with Gasteiger partial charge in [0.15, 0.2) is 0 Å². The lowest BCUT2D eigenvalue weighted by Gasteiger charge is -2.40. The van der Waals surface area contributed by atoms with Gasteiger partial charge in [-0.25, -0.2) is 4.79 Å². The van der Waals surface area contributed by atoms with Crippen molar-refractivity contribution in [1.82, 2.24) is 10.2 Å². The van der Waals surface area contributed by atoms with E-state index >= 15 is 0 Å². The van der Waals surface area contributed by atoms with E-state index in [0.29, 0.717) is 24.4 Å². The molecule has 244 valence electrons. The molecule has 2 N–H and O–H groups in total. The van der Waals surface area contributed by atoms with Gasteiger partial charge in [0.25, 0.3) is 5.91 Å². The van der Waals surface area contributed by atoms with E-state index in [1.54, 1.807) is 25.7 Å². The normalized spacial score (nSPS) is 14.4. The van der Waals surface area contributed by atoms with Crippen molar-refractivity contribution in [3.05, 3.63) is 77.4 Å². The molecule has 0 bridgehead atoms. The highest BCUT2D eigenvalue weighted by Gasteiger charge is 2.41. The number of fused-ring (bicyclic) bond motifs is 1. The second-order valence-electron chi connectivity index (χ2n) is 13.8. The van der Waals surface area contributed by atoms with Gasteiger partial charge >= 0.3 is 6.09 Å². The van der Waals surface area contributed by atoms with Crippen LogP contribution in [-0.4, -0.2) is 40.5 Å². The van der Waals surface area contributed by atoms with Gasteiger partial charge < -0.3 is 20.3 Å². The Morgan fingerprint density at radius 3 is 2.04 bits per heavy atom. The predicted molar refractivity (Wildman–Crippen MR) is 184 cm³/mol. The maximum Gasteiger partial charge on any atom is 0.408 e. The molecule has 0 heterocycles. The summed E-state index contributed by atoms with van der Waals surface area (Å²) in [4.78, 5) is 44.2. The average molecular weight is 616 g/mol. The molecule has 0 spiro atoms. The summed E-state index contributed by atoms with van der Waals surface area (Å²) in [5, 5.41) is 8.12. The third kappa shape index (κ3) is 9.56. The van der Waals surface area contributed by atoms with E-state index in [0.717, 1.165) is 33.9 Å². The van der Waals surface area contributed by atoms with Gasteiger partial charge in [0, 0.05) is 11.7 Å². The van der Waals surface area contributed by atoms with Gasteiger partial charge in [0.1, 0.15) is 17.7 Å². The van der Waals surface area contributed by atoms with Crippen molar-refractivity contribution >= 4 is 34.4 Å². The molecule has 3 rings (SSSR count). The van der Waals surface area contributed by atoms with E-state index in [-0.39, 0.29) is 23.8 Å². The number of hydrogen-bond donors (Lipinski definition) is 2. The number of anilines is 1. The summed E-state index contributed by atoms with van der Waals surface area (Å²) in [7, 11) is 0. The maximum atomic E-state index is 14.9. The molecular weight excluding hydrogens is 562 g/mol. The lowest BCUT2D eigenvalue weighted by atomic mass is 9.90. The lowest BCUT2D eigenvalue weighted by molar-refractivity contribution is -0.144. The Hall–Kier alpha value is -3.87. The van der Waals surface area contributed by atoms with Crippen LogP contribution in [0.2, 0.25) is 0 Å². The van der Waals surface area contributed by atoms with Gasteiger partial charge in [0.05, 0.1) is 0 Å². The van der Waals surface area contributed by atoms with Crippen molar-refractivity contribution in [3.63, 3.8) is 0 Å². The molecule has 0 aliphatic carbocycles. The highest BCUT2D eigenvalue weighted by atomic mass is 16.6. The quantitative estimate of drug-likeness (QED) is 0.213. The number of benzene rings is 3. The van der Waals surface area contributed by atoms with Crippen molar-refractivity contribution in [2.24, 2.45) is 11.8 Å². The molecule has 7 nitrogen and oxygen atoms in total. The van der Waals surface area contributed by atoms with Gasteiger partial charge in [-0.1, -0.05) is 82.6 Å². The Kier molecular flexibility index (Phi) is 12.2. The molecule has 3 aromatic carbocycles. The molecule has 3 aromatic rings. The number of carbonyl (C=O) groups is 3. The van der Waals surface area contributed by atoms with Crippen molar-refractivity contribution in [3.8, 4) is 0 Å². The molecule has 45 heavy (non-hydrogen) atoms. The molecule has 3 amide bonds. The number of rotatable bonds is 12. The van der Waals surface area contributed by atoms with Crippen LogP contribution in [0.25, 0.3) is 10.8 Å². The SMILES string of the molecule is CCC(C)C(NC(=O)OC(C)(C)C)C(=O)N(C(C)CCC(C)C)C(C(=O)Nc1ccc2ccccc2c1)c1c(C)cccc1C. The van der Waals surface area contributed by atoms with Crippen LogP contribution >= 0.6 is 0 Å². The second kappa shape index (κ2) is 15.4. The molecule has 4 unspecified atom stereocenters. The minimum atomic E-state index is -0.931. The maximum absolute atomic E-state index is 14.9. The molecule has 0 aliphatic heterocycles. The zero-order valence-corrected chi connectivity index (χ0v) is 28.9. The first-order valence-electron chi connectivity index (χ1n) is 16.3. The fourth-order valence-electron chi connectivity index (χ4n) is 5.72. The average Bonchev–Trinajstić information content (AvgIpc) is 2.96. The number of nitrogens with one attached hydrogen (secondary N) is 2. The number of nitrogens with zero attached hydrogens (tertiary/aromatic N) is 1. The second-order valence-corrected chi connectivity index (χ2v) is 13.8. The Labute approximate surface area is 270 Å². The Balaban J connectivity index is 2.17. The Morgan fingerprint density at radius 2 is 1.47 bits per heavy atom. The number of ether oxygens (including phenoxy) is 1. The van der Waals surface area contributed by atoms with E-state index in [9.17, 15) is 14.4 Å². The molecular formula is C38H53N3O4. The van der Waals surface area contributed by atoms with Crippen LogP contribution in [0.1, 0.15) is 97.4 Å². The number of alkyl carbamates (subject to hydrolysis) is 1. The summed E-state index contributed by atoms with van der Waals surface area (Å²) >= 11 is 0. The summed E-state index contributed by atoms with van der Waals surface area (Å²) < 4.78 is 5.58. The highest BCUT2D eigenvalue weighted by Crippen LogP contribution is 2.34. The van der Waals surface area contributed by atoms with Crippen LogP contribution in [0.3, 0.4) is 0 Å². The van der Waals surface area contributed by atoms with E-state index in [1.165, 1.54) is 0 Å². The molecule has 0 saturated heterocycles. The van der Waals surface area contributed by atoms with Gasteiger partial charge in [-0.05, 0) is 106 Å². The lowest BCUT2D eigenvalue weighted by Crippen LogP contribution is -2.57. The molecule has 0 fully saturated rings. The van der Waals surface area contributed by atoms with Crippen LogP contribution in [-0.2, 0) is 14.3 Å². The molecule has 0 aliphatic rings. The third-order valence-corrected chi connectivity index (χ3v) is 8.40. The summed E-state index contributed by atoms with van der Waals surface area (Å²) in [5.41, 5.74) is 2.56. The van der Waals surface area contributed by atoms with E-state index in [4.69, 9.17) is 4.74 Å². The van der Waals surface area contributed by atoms with Crippen molar-refractivity contribution in [1.29, 1.82) is 0 Å². The third-order valence-electron chi connectivity index (χ3n) is 8.40. The topological polar surface area (TPSA) is 87.7 Å². The first-order valence-corrected chi connectivity index (χ1v) is 16.3. The largest absolute Gasteiger partial charge is 0.444 e. The van der Waals surface area contributed by atoms with Crippen molar-refractivity contribution in [2.75, 3.05) is 5.32 Å². The van der Waals surface area contributed by atoms with E-state index < -0.39 is 23.8 Å². The van der Waals surface area contributed by atoms with Crippen LogP contribution in [0.4, 0.5) is 10.5 Å². The minimum absolute atomic E-state index is 0.202. The van der Waals surface area contributed by atoms with E-state index in [2.05, 4.69) is 24.5 Å². The fraction of sp³-hybridized carbons (Fsp3) is 0.500. The summed E-state index contributed by atoms with van der Waals surface area (Å²) in [6.45, 7) is 19.6. The van der Waals surface area contributed by atoms with Crippen LogP contribution < -0.4 is 10.6 Å². The number of amides is 3. The zero-order valence-electron chi connectivity index (χ0n) is 28.9. The molecule has 4 atom stereocenters. The van der Waals surface area contributed by atoms with Crippen molar-refractivity contribution in [2.45, 2.75) is 112 Å². The monoisotopic (exact) mass is 615 g/mol. The molecule has 7 heteroatoms. The Bertz CT molecular complexity index is 1460. The van der Waals surface area contributed by atoms with Crippen LogP contribution in [0.5, 0.6) is 0 Å². The number of hydrogen-bond acceptors (Lipinski definition) is 4. The van der Waals surface area contributed by atoms with E-state index in [1.807, 2.05) is 95.3 Å². The van der Waals surface area contributed by atoms with Gasteiger partial charge in [-0.3, -0.25) is 9.59 Å². The van der Waals surface area contributed by atoms with Crippen molar-refractivity contribution < 1.29 is 19.1 Å². The highest BCUT2D eigenvalue weighted by molar-refractivity contribution is 6.01. The van der Waals surface area contributed by atoms with Crippen LogP contribution in [0, 0.1) is 25.7 Å². The first kappa shape index (κ1) is 35.6. The van der Waals surface area contributed by atoms with Crippen LogP contribution in [0.15, 0.2) is 60.7 Å². The molecule has 0 radical (unpaired) electrons. The summed E-state index contributed by atoms with van der Waals surface area (Å²) in [6, 6.07) is 17.6. The number of carbonyl (C=O) groups excluding carboxylic acids is 3. The first-order chi connectivity index (χ1) is 21.1. The smallest absolute Gasteiger partial charge is 0.408 e. The fourth-order valence-corrected chi connectivity index (χ4v) is 5.72. The summed E-state index contributed by atoms with van der Waals surface area (Å²) in [5.74, 6) is -0.382. The number of aryl methyl sites for hydroxylation is 2. The minimum Gasteiger partial charge on any atom is -0.444 e. The van der Waals surface area contributed by atoms with Gasteiger partial charge in [-0.2, -0.15) is 0 Å². The van der Waals surface area contributed by atoms with Gasteiger partial charge in [0.2, 0.25) is 5.91 Å².